The number of nitrogens with zero attached hydrogens (tertiary/aromatic N) is 1. The van der Waals surface area contributed by atoms with Gasteiger partial charge < -0.3 is 0 Å². The molecule has 0 aromatic heterocycles. The van der Waals surface area contributed by atoms with Crippen LogP contribution < -0.4 is 4.72 Å². The first-order valence-electron chi connectivity index (χ1n) is 10.9. The fourth-order valence-corrected chi connectivity index (χ4v) is 8.15. The van der Waals surface area contributed by atoms with Gasteiger partial charge in [0.25, 0.3) is 0 Å². The van der Waals surface area contributed by atoms with Crippen LogP contribution in [0, 0.1) is 0 Å². The van der Waals surface area contributed by atoms with Gasteiger partial charge in [-0.2, -0.15) is 0 Å². The van der Waals surface area contributed by atoms with E-state index in [9.17, 15) is 16.8 Å². The van der Waals surface area contributed by atoms with Gasteiger partial charge >= 0.3 is 0 Å². The van der Waals surface area contributed by atoms with E-state index in [1.807, 2.05) is 12.1 Å². The first-order valence-corrected chi connectivity index (χ1v) is 14.2. The molecule has 6 nitrogen and oxygen atoms in total. The number of hydrogen-bond acceptors (Lipinski definition) is 5. The highest BCUT2D eigenvalue weighted by Crippen LogP contribution is 2.33. The number of sulfone groups is 1. The molecule has 0 bridgehead atoms. The summed E-state index contributed by atoms with van der Waals surface area (Å²) in [6.07, 6.45) is 8.37. The van der Waals surface area contributed by atoms with Crippen LogP contribution in [0.3, 0.4) is 0 Å². The molecule has 1 aromatic rings. The lowest BCUT2D eigenvalue weighted by molar-refractivity contribution is 0.161. The van der Waals surface area contributed by atoms with Crippen molar-refractivity contribution in [1.29, 1.82) is 0 Å². The van der Waals surface area contributed by atoms with Crippen LogP contribution in [-0.4, -0.2) is 58.4 Å². The van der Waals surface area contributed by atoms with Crippen LogP contribution in [0.5, 0.6) is 0 Å². The third kappa shape index (κ3) is 5.21. The molecule has 4 rings (SSSR count). The highest BCUT2D eigenvalue weighted by molar-refractivity contribution is 7.91. The lowest BCUT2D eigenvalue weighted by Gasteiger charge is -2.35. The molecule has 0 radical (unpaired) electrons. The second kappa shape index (κ2) is 8.65. The van der Waals surface area contributed by atoms with Crippen LogP contribution >= 0.6 is 0 Å². The third-order valence-electron chi connectivity index (χ3n) is 6.84. The number of hydrogen-bond donors (Lipinski definition) is 1. The number of piperidine rings is 1. The van der Waals surface area contributed by atoms with E-state index in [2.05, 4.69) is 9.62 Å². The molecule has 8 heteroatoms. The molecule has 2 heterocycles. The molecule has 29 heavy (non-hydrogen) atoms. The Morgan fingerprint density at radius 3 is 2.14 bits per heavy atom. The van der Waals surface area contributed by atoms with Crippen LogP contribution in [0.1, 0.15) is 62.8 Å². The fourth-order valence-electron chi connectivity index (χ4n) is 5.09. The first kappa shape index (κ1) is 21.3. The van der Waals surface area contributed by atoms with E-state index in [0.717, 1.165) is 25.9 Å². The maximum atomic E-state index is 12.8. The van der Waals surface area contributed by atoms with Gasteiger partial charge in [0, 0.05) is 12.1 Å². The van der Waals surface area contributed by atoms with Gasteiger partial charge in [-0.15, -0.1) is 0 Å². The van der Waals surface area contributed by atoms with E-state index in [0.29, 0.717) is 17.2 Å². The van der Waals surface area contributed by atoms with Crippen molar-refractivity contribution >= 4 is 19.9 Å². The predicted octanol–water partition coefficient (Wildman–Crippen LogP) is 2.66. The number of sulfonamides is 1. The average molecular weight is 441 g/mol. The van der Waals surface area contributed by atoms with E-state index in [1.54, 1.807) is 12.1 Å². The van der Waals surface area contributed by atoms with Crippen molar-refractivity contribution in [3.05, 3.63) is 29.8 Å². The zero-order chi connectivity index (χ0) is 20.5. The Bertz CT molecular complexity index is 899. The van der Waals surface area contributed by atoms with Crippen LogP contribution in [0.2, 0.25) is 0 Å². The summed E-state index contributed by atoms with van der Waals surface area (Å²) in [5.41, 5.74) is 1.25. The minimum absolute atomic E-state index is 0.0905. The predicted molar refractivity (Wildman–Crippen MR) is 114 cm³/mol. The van der Waals surface area contributed by atoms with Crippen molar-refractivity contribution in [2.45, 2.75) is 74.3 Å². The summed E-state index contributed by atoms with van der Waals surface area (Å²) >= 11 is 0. The highest BCUT2D eigenvalue weighted by atomic mass is 32.2. The summed E-state index contributed by atoms with van der Waals surface area (Å²) in [5.74, 6) is 1.09. The quantitative estimate of drug-likeness (QED) is 0.761. The maximum Gasteiger partial charge on any atom is 0.240 e. The molecule has 1 N–H and O–H groups in total. The summed E-state index contributed by atoms with van der Waals surface area (Å²) in [7, 11) is -6.42. The Morgan fingerprint density at radius 1 is 0.897 bits per heavy atom. The SMILES string of the molecule is O=S1(=O)CC[C@@H](N2CCC(NS(=O)(=O)c3ccc(C4CCCCC4)cc3)CC2)C1. The Morgan fingerprint density at radius 2 is 1.55 bits per heavy atom. The first-order chi connectivity index (χ1) is 13.8. The number of nitrogens with one attached hydrogen (secondary N) is 1. The lowest BCUT2D eigenvalue weighted by atomic mass is 9.84. The Labute approximate surface area is 175 Å². The van der Waals surface area contributed by atoms with Crippen molar-refractivity contribution in [3.8, 4) is 0 Å². The molecule has 2 aliphatic heterocycles. The fraction of sp³-hybridized carbons (Fsp3) is 0.714. The maximum absolute atomic E-state index is 12.8. The van der Waals surface area contributed by atoms with Gasteiger partial charge in [0.1, 0.15) is 0 Å². The second-order valence-electron chi connectivity index (χ2n) is 8.89. The Hall–Kier alpha value is -0.960. The van der Waals surface area contributed by atoms with E-state index in [1.165, 1.54) is 37.7 Å². The Balaban J connectivity index is 1.32. The van der Waals surface area contributed by atoms with Crippen molar-refractivity contribution in [3.63, 3.8) is 0 Å². The van der Waals surface area contributed by atoms with Gasteiger partial charge in [0.05, 0.1) is 16.4 Å². The average Bonchev–Trinajstić information content (AvgIpc) is 3.09. The lowest BCUT2D eigenvalue weighted by Crippen LogP contribution is -2.48. The highest BCUT2D eigenvalue weighted by Gasteiger charge is 2.34. The van der Waals surface area contributed by atoms with Crippen molar-refractivity contribution in [2.24, 2.45) is 0 Å². The molecule has 162 valence electrons. The largest absolute Gasteiger partial charge is 0.299 e. The molecule has 3 aliphatic rings. The van der Waals surface area contributed by atoms with Crippen LogP contribution in [0.15, 0.2) is 29.2 Å². The van der Waals surface area contributed by atoms with Gasteiger partial charge in [-0.25, -0.2) is 21.6 Å². The number of likely N-dealkylation sites (tertiary alicyclic amines) is 1. The topological polar surface area (TPSA) is 83.6 Å². The normalized spacial score (nSPS) is 27.2. The summed E-state index contributed by atoms with van der Waals surface area (Å²) in [4.78, 5) is 2.55. The van der Waals surface area contributed by atoms with E-state index < -0.39 is 19.9 Å². The molecular weight excluding hydrogens is 408 g/mol. The van der Waals surface area contributed by atoms with Gasteiger partial charge in [0.15, 0.2) is 9.84 Å². The van der Waals surface area contributed by atoms with Crippen LogP contribution in [0.25, 0.3) is 0 Å². The zero-order valence-corrected chi connectivity index (χ0v) is 18.6. The van der Waals surface area contributed by atoms with Gasteiger partial charge in [-0.3, -0.25) is 4.90 Å². The zero-order valence-electron chi connectivity index (χ0n) is 16.9. The van der Waals surface area contributed by atoms with Gasteiger partial charge in [-0.05, 0) is 68.8 Å². The summed E-state index contributed by atoms with van der Waals surface area (Å²) in [5, 5.41) is 0. The molecule has 1 aliphatic carbocycles. The molecular formula is C21H32N2O4S2. The standard InChI is InChI=1S/C21H32N2O4S2/c24-28(25)15-12-20(16-28)23-13-10-19(11-14-23)22-29(26,27)21-8-6-18(7-9-21)17-4-2-1-3-5-17/h6-9,17,19-20,22H,1-5,10-16H2/t20-/m1/s1. The molecule has 0 spiro atoms. The number of rotatable bonds is 5. The molecule has 0 unspecified atom stereocenters. The smallest absolute Gasteiger partial charge is 0.240 e. The Kier molecular flexibility index (Phi) is 6.35. The number of benzene rings is 1. The van der Waals surface area contributed by atoms with Crippen LogP contribution in [-0.2, 0) is 19.9 Å². The minimum Gasteiger partial charge on any atom is -0.299 e. The second-order valence-corrected chi connectivity index (χ2v) is 12.8. The minimum atomic E-state index is -3.53. The summed E-state index contributed by atoms with van der Waals surface area (Å²) < 4.78 is 51.9. The summed E-state index contributed by atoms with van der Waals surface area (Å²) in [6.45, 7) is 1.49. The van der Waals surface area contributed by atoms with E-state index in [-0.39, 0.29) is 23.6 Å². The molecule has 2 saturated heterocycles. The molecule has 1 atom stereocenters. The molecule has 3 fully saturated rings. The van der Waals surface area contributed by atoms with Gasteiger partial charge in [-0.1, -0.05) is 31.4 Å². The molecule has 0 amide bonds. The van der Waals surface area contributed by atoms with Crippen molar-refractivity contribution in [1.82, 2.24) is 9.62 Å². The van der Waals surface area contributed by atoms with Gasteiger partial charge in [0.2, 0.25) is 10.0 Å². The van der Waals surface area contributed by atoms with E-state index >= 15 is 0 Å². The van der Waals surface area contributed by atoms with Crippen LogP contribution in [0.4, 0.5) is 0 Å². The van der Waals surface area contributed by atoms with Crippen molar-refractivity contribution < 1.29 is 16.8 Å². The monoisotopic (exact) mass is 440 g/mol. The molecule has 1 aromatic carbocycles. The molecule has 1 saturated carbocycles. The van der Waals surface area contributed by atoms with Crippen molar-refractivity contribution in [2.75, 3.05) is 24.6 Å². The third-order valence-corrected chi connectivity index (χ3v) is 10.1. The summed E-state index contributed by atoms with van der Waals surface area (Å²) in [6, 6.07) is 7.45. The van der Waals surface area contributed by atoms with E-state index in [4.69, 9.17) is 0 Å².